The van der Waals surface area contributed by atoms with E-state index in [0.29, 0.717) is 6.54 Å². The summed E-state index contributed by atoms with van der Waals surface area (Å²) in [5, 5.41) is 13.8. The molecule has 1 aromatic heterocycles. The smallest absolute Gasteiger partial charge is 0.337 e. The zero-order valence-corrected chi connectivity index (χ0v) is 18.6. The van der Waals surface area contributed by atoms with Crippen LogP contribution in [0.15, 0.2) is 39.7 Å². The summed E-state index contributed by atoms with van der Waals surface area (Å²) < 4.78 is 22.3. The minimum Gasteiger partial charge on any atom is -0.497 e. The summed E-state index contributed by atoms with van der Waals surface area (Å²) in [7, 11) is 1.59. The normalized spacial score (nSPS) is 12.8. The molecule has 1 heterocycles. The van der Waals surface area contributed by atoms with Crippen molar-refractivity contribution in [3.05, 3.63) is 50.9 Å². The molecule has 2 aromatic rings. The molecule has 0 fully saturated rings. The number of halogens is 1. The molecule has 2 rings (SSSR count). The van der Waals surface area contributed by atoms with Crippen LogP contribution in [0.25, 0.3) is 0 Å². The predicted octanol–water partition coefficient (Wildman–Crippen LogP) is 1.77. The predicted molar refractivity (Wildman–Crippen MR) is 112 cm³/mol. The van der Waals surface area contributed by atoms with E-state index in [1.165, 1.54) is 10.9 Å². The number of aliphatic hydroxyl groups is 1. The molecule has 1 aromatic carbocycles. The van der Waals surface area contributed by atoms with Gasteiger partial charge in [-0.2, -0.15) is 5.10 Å². The summed E-state index contributed by atoms with van der Waals surface area (Å²) in [4.78, 5) is 23.9. The molecule has 9 nitrogen and oxygen atoms in total. The second-order valence-electron chi connectivity index (χ2n) is 6.37. The Balaban J connectivity index is 1.92. The minimum absolute atomic E-state index is 0.0951. The molecule has 1 N–H and O–H groups in total. The van der Waals surface area contributed by atoms with E-state index in [0.717, 1.165) is 11.3 Å². The second kappa shape index (κ2) is 11.7. The van der Waals surface area contributed by atoms with Crippen molar-refractivity contribution in [2.75, 3.05) is 26.9 Å². The van der Waals surface area contributed by atoms with Gasteiger partial charge in [-0.3, -0.25) is 4.79 Å². The van der Waals surface area contributed by atoms with Crippen LogP contribution in [0.1, 0.15) is 19.4 Å². The Hall–Kier alpha value is -2.43. The van der Waals surface area contributed by atoms with E-state index in [1.807, 2.05) is 24.3 Å². The maximum absolute atomic E-state index is 12.6. The van der Waals surface area contributed by atoms with Gasteiger partial charge in [-0.15, -0.1) is 0 Å². The monoisotopic (exact) mass is 484 g/mol. The van der Waals surface area contributed by atoms with Gasteiger partial charge in [0.1, 0.15) is 16.3 Å². The number of benzene rings is 1. The van der Waals surface area contributed by atoms with E-state index < -0.39 is 18.2 Å². The zero-order chi connectivity index (χ0) is 22.1. The average Bonchev–Trinajstić information content (AvgIpc) is 2.74. The number of hydrogen-bond donors (Lipinski definition) is 1. The number of aromatic nitrogens is 2. The highest BCUT2D eigenvalue weighted by atomic mass is 79.9. The van der Waals surface area contributed by atoms with Crippen molar-refractivity contribution in [3.8, 4) is 11.5 Å². The first-order valence-corrected chi connectivity index (χ1v) is 10.1. The molecule has 0 spiro atoms. The van der Waals surface area contributed by atoms with Crippen LogP contribution in [-0.2, 0) is 20.8 Å². The van der Waals surface area contributed by atoms with Crippen molar-refractivity contribution >= 4 is 21.9 Å². The van der Waals surface area contributed by atoms with Crippen molar-refractivity contribution < 1.29 is 28.8 Å². The number of rotatable bonds is 11. The molecule has 30 heavy (non-hydrogen) atoms. The Labute approximate surface area is 182 Å². The third kappa shape index (κ3) is 6.82. The SMILES string of the molecule is CCOC(=O)C(O)COC[C@H](C)Oc1cnn(Cc2ccc(OC)cc2)c(=O)c1Br. The molecular formula is C20H25BrN2O7. The van der Waals surface area contributed by atoms with Gasteiger partial charge in [0, 0.05) is 0 Å². The van der Waals surface area contributed by atoms with Crippen LogP contribution in [0.3, 0.4) is 0 Å². The lowest BCUT2D eigenvalue weighted by Gasteiger charge is -2.17. The Bertz CT molecular complexity index is 886. The van der Waals surface area contributed by atoms with E-state index in [4.69, 9.17) is 18.9 Å². The van der Waals surface area contributed by atoms with Crippen molar-refractivity contribution in [2.45, 2.75) is 32.6 Å². The highest BCUT2D eigenvalue weighted by molar-refractivity contribution is 9.10. The van der Waals surface area contributed by atoms with Gasteiger partial charge in [0.25, 0.3) is 5.56 Å². The largest absolute Gasteiger partial charge is 0.497 e. The number of esters is 1. The van der Waals surface area contributed by atoms with Gasteiger partial charge < -0.3 is 24.1 Å². The molecule has 0 aliphatic carbocycles. The first-order chi connectivity index (χ1) is 14.3. The Morgan fingerprint density at radius 3 is 2.60 bits per heavy atom. The van der Waals surface area contributed by atoms with Crippen LogP contribution in [-0.4, -0.2) is 60.0 Å². The lowest BCUT2D eigenvalue weighted by molar-refractivity contribution is -0.156. The first kappa shape index (κ1) is 23.8. The summed E-state index contributed by atoms with van der Waals surface area (Å²) in [5.74, 6) is 0.265. The van der Waals surface area contributed by atoms with Gasteiger partial charge in [0.2, 0.25) is 0 Å². The molecule has 0 bridgehead atoms. The van der Waals surface area contributed by atoms with E-state index in [2.05, 4.69) is 21.0 Å². The topological polar surface area (TPSA) is 109 Å². The average molecular weight is 485 g/mol. The van der Waals surface area contributed by atoms with Crippen LogP contribution in [0, 0.1) is 0 Å². The molecule has 0 saturated carbocycles. The molecule has 1 unspecified atom stereocenters. The van der Waals surface area contributed by atoms with E-state index in [1.54, 1.807) is 21.0 Å². The van der Waals surface area contributed by atoms with E-state index in [9.17, 15) is 14.7 Å². The molecule has 0 aliphatic heterocycles. The van der Waals surface area contributed by atoms with Crippen LogP contribution in [0.4, 0.5) is 0 Å². The van der Waals surface area contributed by atoms with Crippen molar-refractivity contribution in [3.63, 3.8) is 0 Å². The molecule has 10 heteroatoms. The highest BCUT2D eigenvalue weighted by Gasteiger charge is 2.18. The third-order valence-electron chi connectivity index (χ3n) is 3.96. The summed E-state index contributed by atoms with van der Waals surface area (Å²) in [6.45, 7) is 3.74. The summed E-state index contributed by atoms with van der Waals surface area (Å²) >= 11 is 3.26. The van der Waals surface area contributed by atoms with E-state index in [-0.39, 0.29) is 35.6 Å². The number of aliphatic hydroxyl groups excluding tert-OH is 1. The molecule has 0 aliphatic rings. The number of hydrogen-bond acceptors (Lipinski definition) is 8. The summed E-state index contributed by atoms with van der Waals surface area (Å²) in [6, 6.07) is 7.34. The molecular weight excluding hydrogens is 460 g/mol. The van der Waals surface area contributed by atoms with Gasteiger partial charge in [-0.1, -0.05) is 12.1 Å². The quantitative estimate of drug-likeness (QED) is 0.480. The van der Waals surface area contributed by atoms with Gasteiger partial charge in [-0.05, 0) is 47.5 Å². The number of nitrogens with zero attached hydrogens (tertiary/aromatic N) is 2. The van der Waals surface area contributed by atoms with Gasteiger partial charge in [0.05, 0.1) is 39.7 Å². The maximum atomic E-state index is 12.6. The Morgan fingerprint density at radius 2 is 1.97 bits per heavy atom. The first-order valence-electron chi connectivity index (χ1n) is 9.33. The number of ether oxygens (including phenoxy) is 4. The fourth-order valence-corrected chi connectivity index (χ4v) is 2.85. The summed E-state index contributed by atoms with van der Waals surface area (Å²) in [6.07, 6.45) is -0.360. The molecule has 164 valence electrons. The van der Waals surface area contributed by atoms with Crippen LogP contribution in [0.2, 0.25) is 0 Å². The van der Waals surface area contributed by atoms with E-state index >= 15 is 0 Å². The number of methoxy groups -OCH3 is 1. The van der Waals surface area contributed by atoms with Gasteiger partial charge in [0.15, 0.2) is 11.9 Å². The fraction of sp³-hybridized carbons (Fsp3) is 0.450. The number of carbonyl (C=O) groups excluding carboxylic acids is 1. The minimum atomic E-state index is -1.35. The standard InChI is InChI=1S/C20H25BrN2O7/c1-4-29-20(26)16(24)12-28-11-13(2)30-17-9-22-23(19(25)18(17)21)10-14-5-7-15(27-3)8-6-14/h5-9,13,16,24H,4,10-12H2,1-3H3/t13-,16?/m0/s1. The number of carbonyl (C=O) groups is 1. The Morgan fingerprint density at radius 1 is 1.27 bits per heavy atom. The van der Waals surface area contributed by atoms with Crippen LogP contribution >= 0.6 is 15.9 Å². The van der Waals surface area contributed by atoms with Crippen molar-refractivity contribution in [1.82, 2.24) is 9.78 Å². The third-order valence-corrected chi connectivity index (χ3v) is 4.69. The lowest BCUT2D eigenvalue weighted by Crippen LogP contribution is -2.31. The molecule has 2 atom stereocenters. The van der Waals surface area contributed by atoms with Crippen molar-refractivity contribution in [1.29, 1.82) is 0 Å². The lowest BCUT2D eigenvalue weighted by atomic mass is 10.2. The zero-order valence-electron chi connectivity index (χ0n) is 17.0. The second-order valence-corrected chi connectivity index (χ2v) is 7.16. The Kier molecular flexibility index (Phi) is 9.28. The fourth-order valence-electron chi connectivity index (χ4n) is 2.45. The van der Waals surface area contributed by atoms with Crippen molar-refractivity contribution in [2.24, 2.45) is 0 Å². The molecule has 0 radical (unpaired) electrons. The van der Waals surface area contributed by atoms with Gasteiger partial charge in [-0.25, -0.2) is 9.48 Å². The van der Waals surface area contributed by atoms with Crippen LogP contribution in [0.5, 0.6) is 11.5 Å². The summed E-state index contributed by atoms with van der Waals surface area (Å²) in [5.41, 5.74) is 0.557. The van der Waals surface area contributed by atoms with Gasteiger partial charge >= 0.3 is 5.97 Å². The maximum Gasteiger partial charge on any atom is 0.337 e. The molecule has 0 amide bonds. The highest BCUT2D eigenvalue weighted by Crippen LogP contribution is 2.21. The van der Waals surface area contributed by atoms with Crippen LogP contribution < -0.4 is 15.0 Å². The molecule has 0 saturated heterocycles.